The molecule has 7 heteroatoms. The first-order valence-corrected chi connectivity index (χ1v) is 7.93. The molecule has 0 unspecified atom stereocenters. The van der Waals surface area contributed by atoms with E-state index >= 15 is 0 Å². The Morgan fingerprint density at radius 2 is 1.65 bits per heavy atom. The number of aryl methyl sites for hydroxylation is 2. The highest BCUT2D eigenvalue weighted by molar-refractivity contribution is 5.64. The summed E-state index contributed by atoms with van der Waals surface area (Å²) in [5, 5.41) is 5.80. The first-order chi connectivity index (χ1) is 12.3. The van der Waals surface area contributed by atoms with Crippen LogP contribution in [0.1, 0.15) is 16.7 Å². The van der Waals surface area contributed by atoms with E-state index in [2.05, 4.69) is 20.6 Å². The Kier molecular flexibility index (Phi) is 4.79. The van der Waals surface area contributed by atoms with Crippen molar-refractivity contribution in [3.63, 3.8) is 0 Å². The minimum absolute atomic E-state index is 0.0591. The molecule has 0 aliphatic heterocycles. The van der Waals surface area contributed by atoms with E-state index < -0.39 is 11.7 Å². The number of nitrogens with zero attached hydrogens (tertiary/aromatic N) is 2. The number of hydrogen-bond donors (Lipinski definition) is 2. The van der Waals surface area contributed by atoms with Gasteiger partial charge in [-0.3, -0.25) is 0 Å². The predicted octanol–water partition coefficient (Wildman–Crippen LogP) is 5.60. The molecule has 2 aromatic carbocycles. The van der Waals surface area contributed by atoms with Crippen molar-refractivity contribution in [3.8, 4) is 0 Å². The Bertz CT molecular complexity index is 923. The molecule has 4 nitrogen and oxygen atoms in total. The molecule has 0 spiro atoms. The van der Waals surface area contributed by atoms with Crippen LogP contribution in [0.2, 0.25) is 0 Å². The van der Waals surface area contributed by atoms with E-state index in [0.29, 0.717) is 5.95 Å². The van der Waals surface area contributed by atoms with Crippen LogP contribution in [0.15, 0.2) is 54.7 Å². The molecule has 0 atom stereocenters. The molecular weight excluding hydrogens is 341 g/mol. The highest BCUT2D eigenvalue weighted by Gasteiger charge is 2.33. The lowest BCUT2D eigenvalue weighted by Crippen LogP contribution is -2.09. The Balaban J connectivity index is 1.85. The van der Waals surface area contributed by atoms with Crippen LogP contribution in [-0.2, 0) is 6.18 Å². The molecule has 2 N–H and O–H groups in total. The smallest absolute Gasteiger partial charge is 0.340 e. The van der Waals surface area contributed by atoms with Crippen LogP contribution >= 0.6 is 0 Å². The van der Waals surface area contributed by atoms with E-state index in [1.54, 1.807) is 0 Å². The third-order valence-corrected chi connectivity index (χ3v) is 3.78. The quantitative estimate of drug-likeness (QED) is 0.637. The van der Waals surface area contributed by atoms with Crippen molar-refractivity contribution < 1.29 is 13.2 Å². The minimum atomic E-state index is -4.45. The Morgan fingerprint density at radius 3 is 2.38 bits per heavy atom. The van der Waals surface area contributed by atoms with Crippen LogP contribution < -0.4 is 10.6 Å². The summed E-state index contributed by atoms with van der Waals surface area (Å²) in [6.07, 6.45) is -2.96. The largest absolute Gasteiger partial charge is 0.418 e. The van der Waals surface area contributed by atoms with Gasteiger partial charge < -0.3 is 10.6 Å². The second kappa shape index (κ2) is 7.03. The van der Waals surface area contributed by atoms with Gasteiger partial charge in [0, 0.05) is 11.9 Å². The van der Waals surface area contributed by atoms with Crippen LogP contribution in [0, 0.1) is 13.8 Å². The number of hydrogen-bond acceptors (Lipinski definition) is 4. The molecule has 0 saturated heterocycles. The van der Waals surface area contributed by atoms with Crippen LogP contribution in [-0.4, -0.2) is 9.97 Å². The summed E-state index contributed by atoms with van der Waals surface area (Å²) in [6, 6.07) is 12.7. The van der Waals surface area contributed by atoms with E-state index in [1.165, 1.54) is 30.5 Å². The Morgan fingerprint density at radius 1 is 0.885 bits per heavy atom. The van der Waals surface area contributed by atoms with Gasteiger partial charge in [-0.15, -0.1) is 0 Å². The van der Waals surface area contributed by atoms with E-state index in [4.69, 9.17) is 0 Å². The molecular formula is C19H17F3N4. The van der Waals surface area contributed by atoms with Crippen molar-refractivity contribution in [3.05, 3.63) is 71.4 Å². The molecule has 0 aliphatic carbocycles. The number of aromatic nitrogens is 2. The van der Waals surface area contributed by atoms with Crippen LogP contribution in [0.25, 0.3) is 0 Å². The van der Waals surface area contributed by atoms with Gasteiger partial charge in [-0.2, -0.15) is 18.2 Å². The SMILES string of the molecule is Cc1ccc(Nc2nccc(Nc3ccccc3C(F)(F)F)n2)c(C)c1. The maximum atomic E-state index is 13.1. The first-order valence-electron chi connectivity index (χ1n) is 7.93. The number of halogens is 3. The standard InChI is InChI=1S/C19H17F3N4/c1-12-7-8-15(13(2)11-12)25-18-23-10-9-17(26-18)24-16-6-4-3-5-14(16)19(20,21)22/h3-11H,1-2H3,(H2,23,24,25,26). The number of alkyl halides is 3. The van der Waals surface area contributed by atoms with E-state index in [1.807, 2.05) is 32.0 Å². The topological polar surface area (TPSA) is 49.8 Å². The average molecular weight is 358 g/mol. The lowest BCUT2D eigenvalue weighted by molar-refractivity contribution is -0.136. The van der Waals surface area contributed by atoms with Crippen molar-refractivity contribution in [1.29, 1.82) is 0 Å². The molecule has 134 valence electrons. The fraction of sp³-hybridized carbons (Fsp3) is 0.158. The molecule has 3 rings (SSSR count). The second-order valence-electron chi connectivity index (χ2n) is 5.88. The predicted molar refractivity (Wildman–Crippen MR) is 96.0 cm³/mol. The van der Waals surface area contributed by atoms with Crippen molar-refractivity contribution in [2.45, 2.75) is 20.0 Å². The normalized spacial score (nSPS) is 11.3. The number of para-hydroxylation sites is 1. The molecule has 1 aromatic heterocycles. The summed E-state index contributed by atoms with van der Waals surface area (Å²) in [4.78, 5) is 8.38. The summed E-state index contributed by atoms with van der Waals surface area (Å²) in [5.41, 5.74) is 2.18. The Labute approximate surface area is 149 Å². The van der Waals surface area contributed by atoms with Crippen molar-refractivity contribution in [1.82, 2.24) is 9.97 Å². The maximum Gasteiger partial charge on any atom is 0.418 e. The van der Waals surface area contributed by atoms with Gasteiger partial charge in [0.05, 0.1) is 11.3 Å². The van der Waals surface area contributed by atoms with E-state index in [0.717, 1.165) is 22.9 Å². The molecule has 0 fully saturated rings. The summed E-state index contributed by atoms with van der Waals surface area (Å²) in [7, 11) is 0. The van der Waals surface area contributed by atoms with E-state index in [9.17, 15) is 13.2 Å². The second-order valence-corrected chi connectivity index (χ2v) is 5.88. The third kappa shape index (κ3) is 4.11. The summed E-state index contributed by atoms with van der Waals surface area (Å²) < 4.78 is 39.3. The molecule has 0 amide bonds. The van der Waals surface area contributed by atoms with Gasteiger partial charge in [-0.05, 0) is 43.7 Å². The lowest BCUT2D eigenvalue weighted by Gasteiger charge is -2.14. The highest BCUT2D eigenvalue weighted by atomic mass is 19.4. The summed E-state index contributed by atoms with van der Waals surface area (Å²) in [6.45, 7) is 3.95. The maximum absolute atomic E-state index is 13.1. The molecule has 26 heavy (non-hydrogen) atoms. The zero-order valence-corrected chi connectivity index (χ0v) is 14.2. The van der Waals surface area contributed by atoms with E-state index in [-0.39, 0.29) is 11.5 Å². The van der Waals surface area contributed by atoms with Crippen LogP contribution in [0.5, 0.6) is 0 Å². The van der Waals surface area contributed by atoms with Gasteiger partial charge in [-0.1, -0.05) is 29.8 Å². The van der Waals surface area contributed by atoms with Gasteiger partial charge >= 0.3 is 6.18 Å². The lowest BCUT2D eigenvalue weighted by atomic mass is 10.1. The van der Waals surface area contributed by atoms with Crippen LogP contribution in [0.4, 0.5) is 36.3 Å². The molecule has 0 aliphatic rings. The summed E-state index contributed by atoms with van der Waals surface area (Å²) >= 11 is 0. The fourth-order valence-electron chi connectivity index (χ4n) is 2.54. The fourth-order valence-corrected chi connectivity index (χ4v) is 2.54. The zero-order valence-electron chi connectivity index (χ0n) is 14.2. The zero-order chi connectivity index (χ0) is 18.7. The Hall–Kier alpha value is -3.09. The van der Waals surface area contributed by atoms with Crippen molar-refractivity contribution in [2.24, 2.45) is 0 Å². The van der Waals surface area contributed by atoms with Gasteiger partial charge in [0.25, 0.3) is 0 Å². The van der Waals surface area contributed by atoms with Crippen molar-refractivity contribution in [2.75, 3.05) is 10.6 Å². The van der Waals surface area contributed by atoms with Crippen molar-refractivity contribution >= 4 is 23.1 Å². The number of benzene rings is 2. The highest BCUT2D eigenvalue weighted by Crippen LogP contribution is 2.35. The molecule has 0 bridgehead atoms. The minimum Gasteiger partial charge on any atom is -0.340 e. The van der Waals surface area contributed by atoms with Gasteiger partial charge in [0.1, 0.15) is 5.82 Å². The number of rotatable bonds is 4. The van der Waals surface area contributed by atoms with Gasteiger partial charge in [0.2, 0.25) is 5.95 Å². The van der Waals surface area contributed by atoms with Crippen LogP contribution in [0.3, 0.4) is 0 Å². The molecule has 0 saturated carbocycles. The van der Waals surface area contributed by atoms with Gasteiger partial charge in [-0.25, -0.2) is 4.98 Å². The molecule has 3 aromatic rings. The average Bonchev–Trinajstić information content (AvgIpc) is 2.57. The summed E-state index contributed by atoms with van der Waals surface area (Å²) in [5.74, 6) is 0.565. The number of nitrogens with one attached hydrogen (secondary N) is 2. The molecule has 0 radical (unpaired) electrons. The third-order valence-electron chi connectivity index (χ3n) is 3.78. The first kappa shape index (κ1) is 17.7. The monoisotopic (exact) mass is 358 g/mol. The number of anilines is 4. The molecule has 1 heterocycles. The van der Waals surface area contributed by atoms with Gasteiger partial charge in [0.15, 0.2) is 0 Å².